The zero-order valence-corrected chi connectivity index (χ0v) is 11.0. The summed E-state index contributed by atoms with van der Waals surface area (Å²) in [5.41, 5.74) is 1.21. The van der Waals surface area contributed by atoms with Crippen LogP contribution in [0.4, 0.5) is 4.39 Å². The van der Waals surface area contributed by atoms with Crippen LogP contribution in [0, 0.1) is 5.82 Å². The van der Waals surface area contributed by atoms with Gasteiger partial charge in [-0.3, -0.25) is 0 Å². The summed E-state index contributed by atoms with van der Waals surface area (Å²) in [5.74, 6) is 0.279. The van der Waals surface area contributed by atoms with Crippen LogP contribution in [-0.4, -0.2) is 26.3 Å². The average Bonchev–Trinajstić information content (AvgIpc) is 2.89. The molecule has 1 fully saturated rings. The van der Waals surface area contributed by atoms with Gasteiger partial charge >= 0.3 is 0 Å². The Labute approximate surface area is 109 Å². The molecule has 1 heterocycles. The van der Waals surface area contributed by atoms with E-state index in [4.69, 9.17) is 4.74 Å². The lowest BCUT2D eigenvalue weighted by atomic mass is 9.92. The SMILES string of the molecule is CNCC(CCC1CCCO1)c1ccc(F)cc1. The average molecular weight is 251 g/mol. The fourth-order valence-electron chi connectivity index (χ4n) is 2.63. The maximum atomic E-state index is 12.9. The first kappa shape index (κ1) is 13.5. The van der Waals surface area contributed by atoms with Crippen LogP contribution in [0.1, 0.15) is 37.2 Å². The van der Waals surface area contributed by atoms with Gasteiger partial charge in [0.05, 0.1) is 6.10 Å². The Balaban J connectivity index is 1.91. The summed E-state index contributed by atoms with van der Waals surface area (Å²) in [6, 6.07) is 6.88. The molecule has 1 aliphatic rings. The van der Waals surface area contributed by atoms with Gasteiger partial charge in [0.15, 0.2) is 0 Å². The molecule has 1 N–H and O–H groups in total. The number of hydrogen-bond acceptors (Lipinski definition) is 2. The number of rotatable bonds is 6. The number of nitrogens with one attached hydrogen (secondary N) is 1. The van der Waals surface area contributed by atoms with Crippen molar-refractivity contribution in [3.63, 3.8) is 0 Å². The van der Waals surface area contributed by atoms with E-state index in [-0.39, 0.29) is 5.82 Å². The van der Waals surface area contributed by atoms with Gasteiger partial charge in [0.1, 0.15) is 5.82 Å². The minimum atomic E-state index is -0.166. The quantitative estimate of drug-likeness (QED) is 0.839. The van der Waals surface area contributed by atoms with Crippen molar-refractivity contribution in [2.75, 3.05) is 20.2 Å². The summed E-state index contributed by atoms with van der Waals surface area (Å²) in [6.45, 7) is 1.84. The minimum absolute atomic E-state index is 0.166. The summed E-state index contributed by atoms with van der Waals surface area (Å²) in [5, 5.41) is 3.22. The second-order valence-corrected chi connectivity index (χ2v) is 5.02. The van der Waals surface area contributed by atoms with E-state index in [9.17, 15) is 4.39 Å². The van der Waals surface area contributed by atoms with E-state index in [2.05, 4.69) is 5.32 Å². The van der Waals surface area contributed by atoms with Gasteiger partial charge in [0.2, 0.25) is 0 Å². The van der Waals surface area contributed by atoms with E-state index < -0.39 is 0 Å². The Morgan fingerprint density at radius 3 is 2.78 bits per heavy atom. The molecule has 1 aliphatic heterocycles. The van der Waals surface area contributed by atoms with Crippen LogP contribution in [0.5, 0.6) is 0 Å². The highest BCUT2D eigenvalue weighted by atomic mass is 19.1. The highest BCUT2D eigenvalue weighted by Gasteiger charge is 2.18. The highest BCUT2D eigenvalue weighted by Crippen LogP contribution is 2.25. The van der Waals surface area contributed by atoms with Gasteiger partial charge in [-0.2, -0.15) is 0 Å². The van der Waals surface area contributed by atoms with Crippen molar-refractivity contribution in [3.8, 4) is 0 Å². The molecule has 0 radical (unpaired) electrons. The van der Waals surface area contributed by atoms with Crippen molar-refractivity contribution in [1.82, 2.24) is 5.32 Å². The smallest absolute Gasteiger partial charge is 0.123 e. The molecule has 0 aliphatic carbocycles. The zero-order valence-electron chi connectivity index (χ0n) is 11.0. The van der Waals surface area contributed by atoms with Gasteiger partial charge < -0.3 is 10.1 Å². The molecular weight excluding hydrogens is 229 g/mol. The predicted octanol–water partition coefficient (Wildman–Crippen LogP) is 3.09. The fraction of sp³-hybridized carbons (Fsp3) is 0.600. The number of ether oxygens (including phenoxy) is 1. The maximum absolute atomic E-state index is 12.9. The predicted molar refractivity (Wildman–Crippen MR) is 71.3 cm³/mol. The standard InChI is InChI=1S/C15H22FNO/c1-17-11-13(6-9-15-3-2-10-18-15)12-4-7-14(16)8-5-12/h4-5,7-8,13,15,17H,2-3,6,9-11H2,1H3. The van der Waals surface area contributed by atoms with Crippen molar-refractivity contribution in [1.29, 1.82) is 0 Å². The van der Waals surface area contributed by atoms with Crippen molar-refractivity contribution in [2.45, 2.75) is 37.7 Å². The van der Waals surface area contributed by atoms with Gasteiger partial charge in [-0.1, -0.05) is 12.1 Å². The van der Waals surface area contributed by atoms with Crippen LogP contribution in [0.25, 0.3) is 0 Å². The Morgan fingerprint density at radius 1 is 1.39 bits per heavy atom. The normalized spacial score (nSPS) is 21.1. The van der Waals surface area contributed by atoms with E-state index in [0.717, 1.165) is 26.0 Å². The lowest BCUT2D eigenvalue weighted by molar-refractivity contribution is 0.101. The molecule has 2 rings (SSSR count). The molecule has 1 aromatic rings. The van der Waals surface area contributed by atoms with E-state index >= 15 is 0 Å². The van der Waals surface area contributed by atoms with E-state index in [1.54, 1.807) is 12.1 Å². The van der Waals surface area contributed by atoms with Crippen LogP contribution < -0.4 is 5.32 Å². The largest absolute Gasteiger partial charge is 0.378 e. The first-order valence-corrected chi connectivity index (χ1v) is 6.81. The number of likely N-dealkylation sites (N-methyl/N-ethyl adjacent to an activating group) is 1. The molecule has 0 aromatic heterocycles. The summed E-state index contributed by atoms with van der Waals surface area (Å²) in [4.78, 5) is 0. The monoisotopic (exact) mass is 251 g/mol. The molecule has 0 saturated carbocycles. The zero-order chi connectivity index (χ0) is 12.8. The van der Waals surface area contributed by atoms with Crippen molar-refractivity contribution >= 4 is 0 Å². The van der Waals surface area contributed by atoms with E-state index in [1.807, 2.05) is 19.2 Å². The van der Waals surface area contributed by atoms with Gasteiger partial charge in [-0.05, 0) is 56.3 Å². The van der Waals surface area contributed by atoms with Gasteiger partial charge in [0, 0.05) is 13.2 Å². The first-order chi connectivity index (χ1) is 8.79. The third-order valence-electron chi connectivity index (χ3n) is 3.65. The molecule has 2 nitrogen and oxygen atoms in total. The molecule has 0 bridgehead atoms. The molecule has 1 saturated heterocycles. The molecule has 2 unspecified atom stereocenters. The highest BCUT2D eigenvalue weighted by molar-refractivity contribution is 5.20. The third kappa shape index (κ3) is 3.79. The molecule has 2 atom stereocenters. The Bertz CT molecular complexity index is 346. The van der Waals surface area contributed by atoms with Crippen LogP contribution in [0.2, 0.25) is 0 Å². The molecule has 0 amide bonds. The molecule has 1 aromatic carbocycles. The second-order valence-electron chi connectivity index (χ2n) is 5.02. The fourth-order valence-corrected chi connectivity index (χ4v) is 2.63. The lowest BCUT2D eigenvalue weighted by Crippen LogP contribution is -2.19. The minimum Gasteiger partial charge on any atom is -0.378 e. The number of benzene rings is 1. The molecule has 100 valence electrons. The molecule has 0 spiro atoms. The summed E-state index contributed by atoms with van der Waals surface area (Å²) in [6.07, 6.45) is 5.01. The molecule has 18 heavy (non-hydrogen) atoms. The number of hydrogen-bond donors (Lipinski definition) is 1. The van der Waals surface area contributed by atoms with Gasteiger partial charge in [0.25, 0.3) is 0 Å². The summed E-state index contributed by atoms with van der Waals surface area (Å²) in [7, 11) is 1.96. The summed E-state index contributed by atoms with van der Waals surface area (Å²) >= 11 is 0. The third-order valence-corrected chi connectivity index (χ3v) is 3.65. The Kier molecular flexibility index (Phi) is 5.14. The van der Waals surface area contributed by atoms with Crippen LogP contribution >= 0.6 is 0 Å². The maximum Gasteiger partial charge on any atom is 0.123 e. The van der Waals surface area contributed by atoms with Crippen LogP contribution in [0.15, 0.2) is 24.3 Å². The van der Waals surface area contributed by atoms with Gasteiger partial charge in [-0.15, -0.1) is 0 Å². The Hall–Kier alpha value is -0.930. The van der Waals surface area contributed by atoms with Gasteiger partial charge in [-0.25, -0.2) is 4.39 Å². The van der Waals surface area contributed by atoms with E-state index in [1.165, 1.54) is 18.4 Å². The molecular formula is C15H22FNO. The van der Waals surface area contributed by atoms with Crippen molar-refractivity contribution in [3.05, 3.63) is 35.6 Å². The Morgan fingerprint density at radius 2 is 2.17 bits per heavy atom. The lowest BCUT2D eigenvalue weighted by Gasteiger charge is -2.19. The van der Waals surface area contributed by atoms with Crippen molar-refractivity contribution < 1.29 is 9.13 Å². The van der Waals surface area contributed by atoms with Crippen molar-refractivity contribution in [2.24, 2.45) is 0 Å². The van der Waals surface area contributed by atoms with E-state index in [0.29, 0.717) is 12.0 Å². The number of halogens is 1. The summed E-state index contributed by atoms with van der Waals surface area (Å²) < 4.78 is 18.6. The topological polar surface area (TPSA) is 21.3 Å². The molecule has 3 heteroatoms. The first-order valence-electron chi connectivity index (χ1n) is 6.81. The second kappa shape index (κ2) is 6.86. The van der Waals surface area contributed by atoms with Crippen LogP contribution in [0.3, 0.4) is 0 Å². The van der Waals surface area contributed by atoms with Crippen LogP contribution in [-0.2, 0) is 4.74 Å².